The number of hydrogen-bond donors (Lipinski definition) is 1. The second-order valence-corrected chi connectivity index (χ2v) is 5.89. The molecule has 1 aromatic heterocycles. The van der Waals surface area contributed by atoms with Gasteiger partial charge in [-0.25, -0.2) is 0 Å². The van der Waals surface area contributed by atoms with Gasteiger partial charge in [0.05, 0.1) is 11.4 Å². The summed E-state index contributed by atoms with van der Waals surface area (Å²) in [5, 5.41) is 0. The third-order valence-corrected chi connectivity index (χ3v) is 3.60. The number of amides is 1. The van der Waals surface area contributed by atoms with Gasteiger partial charge in [-0.2, -0.15) is 0 Å². The second-order valence-electron chi connectivity index (χ2n) is 5.89. The minimum absolute atomic E-state index is 0.00523. The number of nitrogens with zero attached hydrogens (tertiary/aromatic N) is 2. The lowest BCUT2D eigenvalue weighted by atomic mass is 10.0. The van der Waals surface area contributed by atoms with Crippen LogP contribution in [0.5, 0.6) is 0 Å². The molecule has 0 aliphatic rings. The molecule has 1 aromatic carbocycles. The van der Waals surface area contributed by atoms with Crippen LogP contribution in [-0.2, 0) is 0 Å². The fraction of sp³-hybridized carbons (Fsp3) is 0.333. The predicted octanol–water partition coefficient (Wildman–Crippen LogP) is 3.59. The molecule has 22 heavy (non-hydrogen) atoms. The van der Waals surface area contributed by atoms with Gasteiger partial charge in [0.2, 0.25) is 0 Å². The number of nitrogen functional groups attached to an aromatic ring is 1. The minimum Gasteiger partial charge on any atom is -0.397 e. The van der Waals surface area contributed by atoms with Crippen LogP contribution in [0.3, 0.4) is 0 Å². The number of carbonyl (C=O) groups is 1. The highest BCUT2D eigenvalue weighted by molar-refractivity contribution is 6.01. The van der Waals surface area contributed by atoms with Crippen molar-refractivity contribution in [1.82, 2.24) is 9.88 Å². The summed E-state index contributed by atoms with van der Waals surface area (Å²) in [6, 6.07) is 11.3. The van der Waals surface area contributed by atoms with E-state index in [-0.39, 0.29) is 18.0 Å². The van der Waals surface area contributed by atoms with Gasteiger partial charge in [0, 0.05) is 29.4 Å². The molecule has 116 valence electrons. The lowest BCUT2D eigenvalue weighted by Crippen LogP contribution is -2.42. The Balaban J connectivity index is 2.54. The number of benzene rings is 1. The SMILES string of the molecule is CC(C)N(C(=O)c1ccccc1-c1ncccc1N)C(C)C. The number of pyridine rings is 1. The summed E-state index contributed by atoms with van der Waals surface area (Å²) in [4.78, 5) is 19.2. The fourth-order valence-electron chi connectivity index (χ4n) is 2.72. The summed E-state index contributed by atoms with van der Waals surface area (Å²) in [6.07, 6.45) is 1.69. The van der Waals surface area contributed by atoms with E-state index in [1.807, 2.05) is 56.9 Å². The van der Waals surface area contributed by atoms with Crippen molar-refractivity contribution in [3.63, 3.8) is 0 Å². The van der Waals surface area contributed by atoms with Crippen molar-refractivity contribution in [3.8, 4) is 11.3 Å². The maximum absolute atomic E-state index is 13.0. The van der Waals surface area contributed by atoms with Crippen molar-refractivity contribution < 1.29 is 4.79 Å². The Morgan fingerprint density at radius 3 is 2.27 bits per heavy atom. The Morgan fingerprint density at radius 1 is 1.05 bits per heavy atom. The van der Waals surface area contributed by atoms with E-state index in [1.54, 1.807) is 18.3 Å². The van der Waals surface area contributed by atoms with E-state index in [1.165, 1.54) is 0 Å². The quantitative estimate of drug-likeness (QED) is 0.938. The number of hydrogen-bond acceptors (Lipinski definition) is 3. The molecule has 0 unspecified atom stereocenters. The van der Waals surface area contributed by atoms with Crippen molar-refractivity contribution >= 4 is 11.6 Å². The highest BCUT2D eigenvalue weighted by atomic mass is 16.2. The molecule has 1 heterocycles. The van der Waals surface area contributed by atoms with Crippen LogP contribution in [0.25, 0.3) is 11.3 Å². The maximum Gasteiger partial charge on any atom is 0.255 e. The molecule has 0 saturated heterocycles. The summed E-state index contributed by atoms with van der Waals surface area (Å²) in [5.41, 5.74) is 8.66. The first-order chi connectivity index (χ1) is 10.4. The van der Waals surface area contributed by atoms with Crippen LogP contribution in [0.4, 0.5) is 5.69 Å². The lowest BCUT2D eigenvalue weighted by Gasteiger charge is -2.31. The molecule has 0 saturated carbocycles. The highest BCUT2D eigenvalue weighted by Gasteiger charge is 2.24. The Labute approximate surface area is 132 Å². The van der Waals surface area contributed by atoms with E-state index < -0.39 is 0 Å². The summed E-state index contributed by atoms with van der Waals surface area (Å²) in [5.74, 6) is 0.00523. The van der Waals surface area contributed by atoms with E-state index in [0.717, 1.165) is 5.56 Å². The standard InChI is InChI=1S/C18H23N3O/c1-12(2)21(13(3)4)18(22)15-9-6-5-8-14(15)17-16(19)10-7-11-20-17/h5-13H,19H2,1-4H3. The molecule has 2 aromatic rings. The molecule has 2 rings (SSSR count). The number of carbonyl (C=O) groups excluding carboxylic acids is 1. The normalized spacial score (nSPS) is 11.0. The van der Waals surface area contributed by atoms with Crippen LogP contribution in [0.2, 0.25) is 0 Å². The summed E-state index contributed by atoms with van der Waals surface area (Å²) in [7, 11) is 0. The van der Waals surface area contributed by atoms with Gasteiger partial charge in [-0.15, -0.1) is 0 Å². The molecule has 0 fully saturated rings. The molecule has 4 nitrogen and oxygen atoms in total. The molecule has 0 atom stereocenters. The smallest absolute Gasteiger partial charge is 0.255 e. The molecular weight excluding hydrogens is 274 g/mol. The van der Waals surface area contributed by atoms with Crippen molar-refractivity contribution in [1.29, 1.82) is 0 Å². The average molecular weight is 297 g/mol. The van der Waals surface area contributed by atoms with Crippen LogP contribution < -0.4 is 5.73 Å². The van der Waals surface area contributed by atoms with Gasteiger partial charge in [-0.3, -0.25) is 9.78 Å². The first kappa shape index (κ1) is 16.0. The first-order valence-corrected chi connectivity index (χ1v) is 7.56. The zero-order valence-corrected chi connectivity index (χ0v) is 13.6. The van der Waals surface area contributed by atoms with Crippen LogP contribution in [0, 0.1) is 0 Å². The zero-order chi connectivity index (χ0) is 16.3. The number of nitrogens with two attached hydrogens (primary N) is 1. The summed E-state index contributed by atoms with van der Waals surface area (Å²) >= 11 is 0. The van der Waals surface area contributed by atoms with Crippen molar-refractivity contribution in [2.75, 3.05) is 5.73 Å². The second kappa shape index (κ2) is 6.60. The summed E-state index contributed by atoms with van der Waals surface area (Å²) in [6.45, 7) is 8.09. The third-order valence-electron chi connectivity index (χ3n) is 3.60. The molecular formula is C18H23N3O. The van der Waals surface area contributed by atoms with Crippen LogP contribution in [0.15, 0.2) is 42.6 Å². The van der Waals surface area contributed by atoms with Gasteiger partial charge in [-0.1, -0.05) is 18.2 Å². The van der Waals surface area contributed by atoms with Crippen molar-refractivity contribution in [3.05, 3.63) is 48.2 Å². The molecule has 0 aliphatic carbocycles. The highest BCUT2D eigenvalue weighted by Crippen LogP contribution is 2.28. The van der Waals surface area contributed by atoms with Crippen LogP contribution >= 0.6 is 0 Å². The molecule has 0 spiro atoms. The Kier molecular flexibility index (Phi) is 4.81. The Morgan fingerprint density at radius 2 is 1.68 bits per heavy atom. The minimum atomic E-state index is 0.00523. The van der Waals surface area contributed by atoms with Gasteiger partial charge >= 0.3 is 0 Å². The van der Waals surface area contributed by atoms with Gasteiger partial charge in [-0.05, 0) is 45.9 Å². The largest absolute Gasteiger partial charge is 0.397 e. The Hall–Kier alpha value is -2.36. The maximum atomic E-state index is 13.0. The van der Waals surface area contributed by atoms with Crippen LogP contribution in [0.1, 0.15) is 38.1 Å². The van der Waals surface area contributed by atoms with Crippen LogP contribution in [-0.4, -0.2) is 27.9 Å². The lowest BCUT2D eigenvalue weighted by molar-refractivity contribution is 0.0644. The number of aromatic nitrogens is 1. The molecule has 0 aliphatic heterocycles. The third kappa shape index (κ3) is 3.11. The molecule has 4 heteroatoms. The number of anilines is 1. The fourth-order valence-corrected chi connectivity index (χ4v) is 2.72. The van der Waals surface area contributed by atoms with Gasteiger partial charge in [0.25, 0.3) is 5.91 Å². The van der Waals surface area contributed by atoms with E-state index in [2.05, 4.69) is 4.98 Å². The summed E-state index contributed by atoms with van der Waals surface area (Å²) < 4.78 is 0. The van der Waals surface area contributed by atoms with E-state index in [9.17, 15) is 4.79 Å². The molecule has 2 N–H and O–H groups in total. The predicted molar refractivity (Wildman–Crippen MR) is 90.5 cm³/mol. The van der Waals surface area contributed by atoms with E-state index in [0.29, 0.717) is 16.9 Å². The zero-order valence-electron chi connectivity index (χ0n) is 13.6. The monoisotopic (exact) mass is 297 g/mol. The molecule has 1 amide bonds. The average Bonchev–Trinajstić information content (AvgIpc) is 2.47. The van der Waals surface area contributed by atoms with Gasteiger partial charge in [0.1, 0.15) is 0 Å². The topological polar surface area (TPSA) is 59.2 Å². The van der Waals surface area contributed by atoms with Gasteiger partial charge in [0.15, 0.2) is 0 Å². The number of rotatable bonds is 4. The van der Waals surface area contributed by atoms with Crippen molar-refractivity contribution in [2.45, 2.75) is 39.8 Å². The molecule has 0 radical (unpaired) electrons. The first-order valence-electron chi connectivity index (χ1n) is 7.56. The van der Waals surface area contributed by atoms with Gasteiger partial charge < -0.3 is 10.6 Å². The molecule has 0 bridgehead atoms. The van der Waals surface area contributed by atoms with E-state index >= 15 is 0 Å². The van der Waals surface area contributed by atoms with E-state index in [4.69, 9.17) is 5.73 Å². The van der Waals surface area contributed by atoms with Crippen molar-refractivity contribution in [2.24, 2.45) is 0 Å². The Bertz CT molecular complexity index is 657.